The smallest absolute Gasteiger partial charge is 0.228 e. The molecule has 1 N–H and O–H groups in total. The second kappa shape index (κ2) is 3.73. The largest absolute Gasteiger partial charge is 0.485 e. The number of carbonyl (C=O) groups excluding carboxylic acids is 1. The van der Waals surface area contributed by atoms with Gasteiger partial charge in [-0.2, -0.15) is 0 Å². The molecule has 1 aliphatic rings. The van der Waals surface area contributed by atoms with Crippen molar-refractivity contribution in [3.05, 3.63) is 22.4 Å². The van der Waals surface area contributed by atoms with Crippen molar-refractivity contribution in [2.24, 2.45) is 0 Å². The fourth-order valence-electron chi connectivity index (χ4n) is 1.63. The molecule has 1 aliphatic heterocycles. The van der Waals surface area contributed by atoms with Crippen LogP contribution in [-0.2, 0) is 4.79 Å². The number of amides is 1. The Bertz CT molecular complexity index is 460. The van der Waals surface area contributed by atoms with Crippen LogP contribution in [0.4, 0.5) is 10.1 Å². The maximum absolute atomic E-state index is 13.3. The fourth-order valence-corrected chi connectivity index (χ4v) is 1.97. The molecule has 16 heavy (non-hydrogen) atoms. The number of hydrogen-bond donors (Lipinski definition) is 1. The number of anilines is 1. The van der Waals surface area contributed by atoms with E-state index >= 15 is 0 Å². The number of ether oxygens (including phenoxy) is 1. The number of benzene rings is 1. The number of nitrogens with one attached hydrogen (secondary N) is 1. The molecule has 0 bridgehead atoms. The van der Waals surface area contributed by atoms with Crippen LogP contribution in [0.1, 0.15) is 20.3 Å². The number of carbonyl (C=O) groups is 1. The summed E-state index contributed by atoms with van der Waals surface area (Å²) in [7, 11) is 0. The van der Waals surface area contributed by atoms with Crippen LogP contribution in [-0.4, -0.2) is 11.5 Å². The standard InChI is InChI=1S/C11H11BrFNO2/c1-11(2)5-10(15)14-8-3-6(12)7(13)4-9(8)16-11/h3-4H,5H2,1-2H3,(H,14,15). The summed E-state index contributed by atoms with van der Waals surface area (Å²) in [5, 5.41) is 2.69. The maximum atomic E-state index is 13.3. The SMILES string of the molecule is CC1(C)CC(=O)Nc2cc(Br)c(F)cc2O1. The van der Waals surface area contributed by atoms with Gasteiger partial charge in [0, 0.05) is 6.07 Å². The Morgan fingerprint density at radius 1 is 1.50 bits per heavy atom. The van der Waals surface area contributed by atoms with Crippen LogP contribution in [0.15, 0.2) is 16.6 Å². The van der Waals surface area contributed by atoms with E-state index in [1.54, 1.807) is 13.8 Å². The Morgan fingerprint density at radius 3 is 2.88 bits per heavy atom. The molecule has 2 rings (SSSR count). The summed E-state index contributed by atoms with van der Waals surface area (Å²) in [6, 6.07) is 2.77. The van der Waals surface area contributed by atoms with Gasteiger partial charge < -0.3 is 10.1 Å². The van der Waals surface area contributed by atoms with E-state index in [4.69, 9.17) is 4.74 Å². The molecule has 0 atom stereocenters. The molecule has 3 nitrogen and oxygen atoms in total. The molecule has 1 aromatic rings. The van der Waals surface area contributed by atoms with E-state index in [1.165, 1.54) is 12.1 Å². The zero-order chi connectivity index (χ0) is 11.9. The Morgan fingerprint density at radius 2 is 2.19 bits per heavy atom. The molecule has 0 fully saturated rings. The lowest BCUT2D eigenvalue weighted by Crippen LogP contribution is -2.30. The van der Waals surface area contributed by atoms with Crippen LogP contribution in [0.3, 0.4) is 0 Å². The van der Waals surface area contributed by atoms with Crippen LogP contribution in [0.2, 0.25) is 0 Å². The molecule has 0 aromatic heterocycles. The Balaban J connectivity index is 2.50. The molecule has 0 saturated carbocycles. The van der Waals surface area contributed by atoms with Gasteiger partial charge in [-0.05, 0) is 35.8 Å². The van der Waals surface area contributed by atoms with Crippen molar-refractivity contribution in [2.75, 3.05) is 5.32 Å². The molecule has 0 spiro atoms. The van der Waals surface area contributed by atoms with E-state index in [0.29, 0.717) is 15.9 Å². The Kier molecular flexibility index (Phi) is 2.66. The predicted molar refractivity (Wildman–Crippen MR) is 62.1 cm³/mol. The number of fused-ring (bicyclic) bond motifs is 1. The average molecular weight is 288 g/mol. The summed E-state index contributed by atoms with van der Waals surface area (Å²) in [5.41, 5.74) is -0.140. The van der Waals surface area contributed by atoms with Crippen molar-refractivity contribution in [3.63, 3.8) is 0 Å². The molecule has 86 valence electrons. The van der Waals surface area contributed by atoms with Gasteiger partial charge in [0.1, 0.15) is 17.2 Å². The number of hydrogen-bond acceptors (Lipinski definition) is 2. The van der Waals surface area contributed by atoms with Gasteiger partial charge in [-0.15, -0.1) is 0 Å². The van der Waals surface area contributed by atoms with E-state index in [0.717, 1.165) is 0 Å². The van der Waals surface area contributed by atoms with Crippen molar-refractivity contribution in [3.8, 4) is 5.75 Å². The highest BCUT2D eigenvalue weighted by atomic mass is 79.9. The zero-order valence-electron chi connectivity index (χ0n) is 8.93. The summed E-state index contributed by atoms with van der Waals surface area (Å²) >= 11 is 3.07. The summed E-state index contributed by atoms with van der Waals surface area (Å²) < 4.78 is 19.3. The molecular formula is C11H11BrFNO2. The molecule has 0 radical (unpaired) electrons. The second-order valence-electron chi connectivity index (χ2n) is 4.35. The third-order valence-electron chi connectivity index (χ3n) is 2.27. The summed E-state index contributed by atoms with van der Waals surface area (Å²) in [5.74, 6) is -0.190. The molecule has 1 heterocycles. The first-order valence-electron chi connectivity index (χ1n) is 4.85. The zero-order valence-corrected chi connectivity index (χ0v) is 10.5. The van der Waals surface area contributed by atoms with Crippen molar-refractivity contribution in [1.82, 2.24) is 0 Å². The van der Waals surface area contributed by atoms with Crippen LogP contribution >= 0.6 is 15.9 Å². The van der Waals surface area contributed by atoms with Crippen LogP contribution in [0.5, 0.6) is 5.75 Å². The van der Waals surface area contributed by atoms with Crippen LogP contribution < -0.4 is 10.1 Å². The lowest BCUT2D eigenvalue weighted by atomic mass is 10.1. The van der Waals surface area contributed by atoms with Gasteiger partial charge in [0.2, 0.25) is 5.91 Å². The molecule has 1 amide bonds. The van der Waals surface area contributed by atoms with Crippen LogP contribution in [0, 0.1) is 5.82 Å². The normalized spacial score (nSPS) is 18.1. The number of rotatable bonds is 0. The van der Waals surface area contributed by atoms with Gasteiger partial charge in [0.25, 0.3) is 0 Å². The van der Waals surface area contributed by atoms with Crippen LogP contribution in [0.25, 0.3) is 0 Å². The van der Waals surface area contributed by atoms with Gasteiger partial charge in [0.05, 0.1) is 16.6 Å². The maximum Gasteiger partial charge on any atom is 0.228 e. The third-order valence-corrected chi connectivity index (χ3v) is 2.88. The van der Waals surface area contributed by atoms with Gasteiger partial charge in [-0.3, -0.25) is 4.79 Å². The van der Waals surface area contributed by atoms with Gasteiger partial charge >= 0.3 is 0 Å². The Hall–Kier alpha value is -1.10. The molecular weight excluding hydrogens is 277 g/mol. The molecule has 0 saturated heterocycles. The van der Waals surface area contributed by atoms with Gasteiger partial charge in [0.15, 0.2) is 0 Å². The number of halogens is 2. The minimum atomic E-state index is -0.629. The van der Waals surface area contributed by atoms with Gasteiger partial charge in [-0.25, -0.2) is 4.39 Å². The summed E-state index contributed by atoms with van der Waals surface area (Å²) in [6.07, 6.45) is 0.237. The highest BCUT2D eigenvalue weighted by Crippen LogP contribution is 2.36. The first-order chi connectivity index (χ1) is 7.37. The minimum absolute atomic E-state index is 0.137. The average Bonchev–Trinajstić information content (AvgIpc) is 2.21. The van der Waals surface area contributed by atoms with Crippen molar-refractivity contribution in [2.45, 2.75) is 25.9 Å². The van der Waals surface area contributed by atoms with Crippen molar-refractivity contribution in [1.29, 1.82) is 0 Å². The highest BCUT2D eigenvalue weighted by Gasteiger charge is 2.29. The molecule has 0 unspecified atom stereocenters. The first-order valence-corrected chi connectivity index (χ1v) is 5.65. The summed E-state index contributed by atoms with van der Waals surface area (Å²) in [6.45, 7) is 3.59. The first kappa shape index (κ1) is 11.4. The van der Waals surface area contributed by atoms with E-state index in [2.05, 4.69) is 21.2 Å². The van der Waals surface area contributed by atoms with E-state index < -0.39 is 11.4 Å². The molecule has 1 aromatic carbocycles. The molecule has 5 heteroatoms. The van der Waals surface area contributed by atoms with Crippen molar-refractivity contribution >= 4 is 27.5 Å². The third kappa shape index (κ3) is 2.19. The lowest BCUT2D eigenvalue weighted by Gasteiger charge is -2.23. The minimum Gasteiger partial charge on any atom is -0.485 e. The topological polar surface area (TPSA) is 38.3 Å². The van der Waals surface area contributed by atoms with E-state index in [-0.39, 0.29) is 12.3 Å². The second-order valence-corrected chi connectivity index (χ2v) is 5.20. The lowest BCUT2D eigenvalue weighted by molar-refractivity contribution is -0.118. The summed E-state index contributed by atoms with van der Waals surface area (Å²) in [4.78, 5) is 11.6. The quantitative estimate of drug-likeness (QED) is 0.796. The van der Waals surface area contributed by atoms with Gasteiger partial charge in [-0.1, -0.05) is 0 Å². The molecule has 0 aliphatic carbocycles. The van der Waals surface area contributed by atoms with E-state index in [1.807, 2.05) is 0 Å². The highest BCUT2D eigenvalue weighted by molar-refractivity contribution is 9.10. The van der Waals surface area contributed by atoms with Crippen molar-refractivity contribution < 1.29 is 13.9 Å². The Labute approximate surface area is 101 Å². The fraction of sp³-hybridized carbons (Fsp3) is 0.364. The predicted octanol–water partition coefficient (Wildman–Crippen LogP) is 3.09. The monoisotopic (exact) mass is 287 g/mol. The van der Waals surface area contributed by atoms with E-state index in [9.17, 15) is 9.18 Å².